The van der Waals surface area contributed by atoms with Crippen molar-refractivity contribution in [1.29, 1.82) is 0 Å². The number of carbonyl (C=O) groups is 1. The minimum absolute atomic E-state index is 0.470. The van der Waals surface area contributed by atoms with E-state index >= 15 is 0 Å². The van der Waals surface area contributed by atoms with E-state index in [9.17, 15) is 4.79 Å². The van der Waals surface area contributed by atoms with Gasteiger partial charge >= 0.3 is 0 Å². The predicted octanol–water partition coefficient (Wildman–Crippen LogP) is 4.48. The van der Waals surface area contributed by atoms with E-state index in [1.165, 1.54) is 5.01 Å². The minimum atomic E-state index is 0.470. The Morgan fingerprint density at radius 2 is 1.84 bits per heavy atom. The third-order valence-corrected chi connectivity index (χ3v) is 4.45. The van der Waals surface area contributed by atoms with Crippen molar-refractivity contribution in [2.24, 2.45) is 5.10 Å². The molecule has 4 rings (SSSR count). The molecule has 0 unspecified atom stereocenters. The first-order valence-electron chi connectivity index (χ1n) is 7.66. The first kappa shape index (κ1) is 15.5. The molecule has 2 aromatic heterocycles. The van der Waals surface area contributed by atoms with Gasteiger partial charge in [0.25, 0.3) is 0 Å². The Bertz CT molecular complexity index is 1090. The number of aromatic nitrogens is 2. The Balaban J connectivity index is 1.78. The average Bonchev–Trinajstić information content (AvgIpc) is 3.03. The van der Waals surface area contributed by atoms with Crippen molar-refractivity contribution in [1.82, 2.24) is 9.97 Å². The molecule has 0 bridgehead atoms. The number of hydrogen-bond acceptors (Lipinski definition) is 3. The molecule has 0 spiro atoms. The summed E-state index contributed by atoms with van der Waals surface area (Å²) in [5, 5.41) is 7.60. The summed E-state index contributed by atoms with van der Waals surface area (Å²) in [6, 6.07) is 17.6. The molecule has 0 saturated heterocycles. The number of fused-ring (bicyclic) bond motifs is 3. The van der Waals surface area contributed by atoms with Crippen LogP contribution in [0.2, 0.25) is 0 Å². The van der Waals surface area contributed by atoms with Crippen molar-refractivity contribution in [2.75, 3.05) is 5.01 Å². The number of benzene rings is 2. The largest absolute Gasteiger partial charge is 0.351 e. The lowest BCUT2D eigenvalue weighted by molar-refractivity contribution is -0.107. The Hall–Kier alpha value is -2.99. The number of nitrogens with zero attached hydrogens (tertiary/aromatic N) is 3. The van der Waals surface area contributed by atoms with Crippen molar-refractivity contribution in [2.45, 2.75) is 0 Å². The standard InChI is InChI=1S/C19H13BrN4O/c20-14-7-5-13(6-8-14)11-22-24(12-25)19-18-16(9-10-21-19)15-3-1-2-4-17(15)23-18/h1-12,23H. The lowest BCUT2D eigenvalue weighted by Crippen LogP contribution is -2.15. The van der Waals surface area contributed by atoms with Crippen LogP contribution >= 0.6 is 15.9 Å². The van der Waals surface area contributed by atoms with Crippen molar-refractivity contribution < 1.29 is 4.79 Å². The predicted molar refractivity (Wildman–Crippen MR) is 104 cm³/mol. The Kier molecular flexibility index (Phi) is 4.03. The number of hydrazone groups is 1. The molecular weight excluding hydrogens is 380 g/mol. The summed E-state index contributed by atoms with van der Waals surface area (Å²) in [4.78, 5) is 19.3. The third kappa shape index (κ3) is 2.92. The van der Waals surface area contributed by atoms with E-state index < -0.39 is 0 Å². The van der Waals surface area contributed by atoms with Crippen LogP contribution < -0.4 is 5.01 Å². The number of anilines is 1. The number of H-pyrrole nitrogens is 1. The van der Waals surface area contributed by atoms with Crippen LogP contribution in [0.1, 0.15) is 5.56 Å². The number of amides is 1. The quantitative estimate of drug-likeness (QED) is 0.316. The molecule has 0 atom stereocenters. The van der Waals surface area contributed by atoms with Crippen molar-refractivity contribution in [3.05, 3.63) is 70.8 Å². The molecule has 0 saturated carbocycles. The normalized spacial score (nSPS) is 11.4. The Morgan fingerprint density at radius 1 is 1.04 bits per heavy atom. The van der Waals surface area contributed by atoms with Gasteiger partial charge in [-0.3, -0.25) is 4.79 Å². The summed E-state index contributed by atoms with van der Waals surface area (Å²) in [7, 11) is 0. The van der Waals surface area contributed by atoms with Crippen molar-refractivity contribution in [3.8, 4) is 0 Å². The highest BCUT2D eigenvalue weighted by Gasteiger charge is 2.13. The zero-order valence-electron chi connectivity index (χ0n) is 13.1. The fourth-order valence-corrected chi connectivity index (χ4v) is 3.01. The fraction of sp³-hybridized carbons (Fsp3) is 0. The first-order chi connectivity index (χ1) is 12.3. The van der Waals surface area contributed by atoms with Crippen LogP contribution in [0.3, 0.4) is 0 Å². The molecule has 0 radical (unpaired) electrons. The number of rotatable bonds is 4. The number of nitrogens with one attached hydrogen (secondary N) is 1. The number of pyridine rings is 1. The highest BCUT2D eigenvalue weighted by Crippen LogP contribution is 2.30. The second kappa shape index (κ2) is 6.49. The highest BCUT2D eigenvalue weighted by atomic mass is 79.9. The van der Waals surface area contributed by atoms with E-state index in [2.05, 4.69) is 31.0 Å². The molecule has 0 aliphatic heterocycles. The van der Waals surface area contributed by atoms with E-state index in [4.69, 9.17) is 0 Å². The molecule has 25 heavy (non-hydrogen) atoms. The maximum Gasteiger partial charge on any atom is 0.236 e. The molecule has 1 N–H and O–H groups in total. The van der Waals surface area contributed by atoms with Gasteiger partial charge in [0.2, 0.25) is 6.41 Å². The van der Waals surface area contributed by atoms with E-state index in [1.807, 2.05) is 54.6 Å². The second-order valence-corrected chi connectivity index (χ2v) is 6.39. The first-order valence-corrected chi connectivity index (χ1v) is 8.45. The molecule has 122 valence electrons. The van der Waals surface area contributed by atoms with Gasteiger partial charge in [0, 0.05) is 27.0 Å². The number of carbonyl (C=O) groups excluding carboxylic acids is 1. The smallest absolute Gasteiger partial charge is 0.236 e. The molecular formula is C19H13BrN4O. The van der Waals surface area contributed by atoms with Crippen LogP contribution in [0.15, 0.2) is 70.4 Å². The number of halogens is 1. The molecule has 2 aromatic carbocycles. The monoisotopic (exact) mass is 392 g/mol. The lowest BCUT2D eigenvalue weighted by Gasteiger charge is -2.10. The van der Waals surface area contributed by atoms with Gasteiger partial charge in [-0.25, -0.2) is 4.98 Å². The Labute approximate surface area is 152 Å². The molecule has 6 heteroatoms. The van der Waals surface area contributed by atoms with Gasteiger partial charge in [-0.2, -0.15) is 10.1 Å². The molecule has 0 fully saturated rings. The maximum absolute atomic E-state index is 11.6. The number of aromatic amines is 1. The molecule has 4 aromatic rings. The van der Waals surface area contributed by atoms with Crippen molar-refractivity contribution in [3.63, 3.8) is 0 Å². The third-order valence-electron chi connectivity index (χ3n) is 3.93. The van der Waals surface area contributed by atoms with E-state index in [0.29, 0.717) is 12.2 Å². The van der Waals surface area contributed by atoms with Gasteiger partial charge in [-0.05, 0) is 29.8 Å². The molecule has 0 aliphatic carbocycles. The SMILES string of the molecule is O=CN(N=Cc1ccc(Br)cc1)c1nccc2c1[nH]c1ccccc12. The van der Waals surface area contributed by atoms with Gasteiger partial charge < -0.3 is 4.98 Å². The van der Waals surface area contributed by atoms with Crippen LogP contribution in [0, 0.1) is 0 Å². The average molecular weight is 393 g/mol. The summed E-state index contributed by atoms with van der Waals surface area (Å²) in [5.41, 5.74) is 2.66. The van der Waals surface area contributed by atoms with Crippen LogP contribution in [-0.2, 0) is 4.79 Å². The lowest BCUT2D eigenvalue weighted by atomic mass is 10.2. The van der Waals surface area contributed by atoms with Gasteiger partial charge in [-0.15, -0.1) is 0 Å². The minimum Gasteiger partial charge on any atom is -0.351 e. The molecule has 5 nitrogen and oxygen atoms in total. The van der Waals surface area contributed by atoms with Crippen LogP contribution in [0.25, 0.3) is 21.8 Å². The molecule has 2 heterocycles. The van der Waals surface area contributed by atoms with Crippen LogP contribution in [0.4, 0.5) is 5.82 Å². The van der Waals surface area contributed by atoms with E-state index in [-0.39, 0.29) is 0 Å². The summed E-state index contributed by atoms with van der Waals surface area (Å²) in [6.45, 7) is 0. The zero-order chi connectivity index (χ0) is 17.2. The fourth-order valence-electron chi connectivity index (χ4n) is 2.74. The Morgan fingerprint density at radius 3 is 2.64 bits per heavy atom. The summed E-state index contributed by atoms with van der Waals surface area (Å²) in [5.74, 6) is 0.470. The van der Waals surface area contributed by atoms with Crippen LogP contribution in [0.5, 0.6) is 0 Å². The van der Waals surface area contributed by atoms with E-state index in [1.54, 1.807) is 12.4 Å². The van der Waals surface area contributed by atoms with Crippen molar-refractivity contribution >= 4 is 56.2 Å². The molecule has 1 amide bonds. The van der Waals surface area contributed by atoms with E-state index in [0.717, 1.165) is 31.8 Å². The van der Waals surface area contributed by atoms with Gasteiger partial charge in [0.1, 0.15) is 0 Å². The van der Waals surface area contributed by atoms with Gasteiger partial charge in [0.05, 0.1) is 11.7 Å². The summed E-state index contributed by atoms with van der Waals surface area (Å²) >= 11 is 3.39. The molecule has 0 aliphatic rings. The summed E-state index contributed by atoms with van der Waals surface area (Å²) < 4.78 is 0.987. The second-order valence-electron chi connectivity index (χ2n) is 5.47. The highest BCUT2D eigenvalue weighted by molar-refractivity contribution is 9.10. The topological polar surface area (TPSA) is 61.4 Å². The number of hydrogen-bond donors (Lipinski definition) is 1. The summed E-state index contributed by atoms with van der Waals surface area (Å²) in [6.07, 6.45) is 3.97. The van der Waals surface area contributed by atoms with Crippen LogP contribution in [-0.4, -0.2) is 22.6 Å². The number of para-hydroxylation sites is 1. The van der Waals surface area contributed by atoms with Gasteiger partial charge in [0.15, 0.2) is 5.82 Å². The van der Waals surface area contributed by atoms with Gasteiger partial charge in [-0.1, -0.05) is 46.3 Å². The zero-order valence-corrected chi connectivity index (χ0v) is 14.6. The maximum atomic E-state index is 11.6.